The number of hydrogen-bond acceptors (Lipinski definition) is 2. The summed E-state index contributed by atoms with van der Waals surface area (Å²) in [7, 11) is 0. The quantitative estimate of drug-likeness (QED) is 0.893. The van der Waals surface area contributed by atoms with E-state index in [4.69, 9.17) is 11.6 Å². The Morgan fingerprint density at radius 2 is 2.18 bits per heavy atom. The second kappa shape index (κ2) is 5.45. The minimum atomic E-state index is -0.0624. The third-order valence-electron chi connectivity index (χ3n) is 4.69. The van der Waals surface area contributed by atoms with Gasteiger partial charge in [0.1, 0.15) is 0 Å². The van der Waals surface area contributed by atoms with E-state index in [-0.39, 0.29) is 12.1 Å². The smallest absolute Gasteiger partial charge is 0.325 e. The molecule has 1 aromatic heterocycles. The lowest BCUT2D eigenvalue weighted by Gasteiger charge is -2.21. The van der Waals surface area contributed by atoms with E-state index < -0.39 is 0 Å². The van der Waals surface area contributed by atoms with Crippen LogP contribution < -0.4 is 10.6 Å². The number of halogens is 1. The Morgan fingerprint density at radius 3 is 2.91 bits per heavy atom. The van der Waals surface area contributed by atoms with Gasteiger partial charge in [-0.05, 0) is 48.6 Å². The first-order valence-electron chi connectivity index (χ1n) is 7.70. The Labute approximate surface area is 134 Å². The average molecular weight is 316 g/mol. The van der Waals surface area contributed by atoms with Crippen LogP contribution in [-0.4, -0.2) is 28.7 Å². The summed E-state index contributed by atoms with van der Waals surface area (Å²) in [5.74, 6) is 0. The fourth-order valence-corrected chi connectivity index (χ4v) is 3.77. The summed E-state index contributed by atoms with van der Waals surface area (Å²) in [5, 5.41) is 7.37. The third kappa shape index (κ3) is 2.53. The van der Waals surface area contributed by atoms with Crippen molar-refractivity contribution in [3.8, 4) is 11.1 Å². The molecule has 0 spiro atoms. The van der Waals surface area contributed by atoms with Crippen LogP contribution >= 0.6 is 11.6 Å². The maximum absolute atomic E-state index is 12.4. The van der Waals surface area contributed by atoms with Gasteiger partial charge in [-0.25, -0.2) is 4.79 Å². The number of nitrogens with one attached hydrogen (secondary N) is 2. The lowest BCUT2D eigenvalue weighted by molar-refractivity contribution is 0.236. The van der Waals surface area contributed by atoms with Gasteiger partial charge in [0.05, 0.1) is 0 Å². The van der Waals surface area contributed by atoms with Crippen LogP contribution in [-0.2, 0) is 0 Å². The summed E-state index contributed by atoms with van der Waals surface area (Å²) in [6.07, 6.45) is 7.08. The van der Waals surface area contributed by atoms with Crippen LogP contribution in [0.5, 0.6) is 0 Å². The van der Waals surface area contributed by atoms with E-state index in [0.717, 1.165) is 24.0 Å². The molecule has 2 bridgehead atoms. The van der Waals surface area contributed by atoms with E-state index in [1.54, 1.807) is 10.8 Å². The van der Waals surface area contributed by atoms with E-state index in [0.29, 0.717) is 17.1 Å². The minimum absolute atomic E-state index is 0.0624. The highest BCUT2D eigenvalue weighted by atomic mass is 35.5. The predicted octanol–water partition coefficient (Wildman–Crippen LogP) is 3.26. The third-order valence-corrected chi connectivity index (χ3v) is 4.93. The second-order valence-electron chi connectivity index (χ2n) is 6.16. The molecule has 2 fully saturated rings. The van der Waals surface area contributed by atoms with Crippen molar-refractivity contribution in [3.05, 3.63) is 47.7 Å². The van der Waals surface area contributed by atoms with Crippen LogP contribution in [0.25, 0.3) is 11.1 Å². The Morgan fingerprint density at radius 1 is 1.27 bits per heavy atom. The Balaban J connectivity index is 1.48. The normalized spacial score (nSPS) is 26.3. The molecule has 2 N–H and O–H groups in total. The van der Waals surface area contributed by atoms with Crippen molar-refractivity contribution in [2.75, 3.05) is 0 Å². The minimum Gasteiger partial charge on any atom is -0.333 e. The van der Waals surface area contributed by atoms with E-state index in [9.17, 15) is 4.79 Å². The van der Waals surface area contributed by atoms with Crippen LogP contribution in [0.2, 0.25) is 5.02 Å². The molecule has 4 rings (SSSR count). The summed E-state index contributed by atoms with van der Waals surface area (Å²) >= 11 is 6.02. The molecule has 114 valence electrons. The van der Waals surface area contributed by atoms with Gasteiger partial charge in [-0.1, -0.05) is 23.7 Å². The van der Waals surface area contributed by atoms with Gasteiger partial charge in [-0.2, -0.15) is 0 Å². The molecule has 2 saturated heterocycles. The van der Waals surface area contributed by atoms with Crippen molar-refractivity contribution in [3.63, 3.8) is 0 Å². The van der Waals surface area contributed by atoms with Crippen LogP contribution in [0.3, 0.4) is 0 Å². The molecule has 4 nitrogen and oxygen atoms in total. The van der Waals surface area contributed by atoms with Gasteiger partial charge in [0.25, 0.3) is 0 Å². The molecular formula is C17H18ClN3O. The zero-order chi connectivity index (χ0) is 15.1. The first-order valence-corrected chi connectivity index (χ1v) is 8.08. The summed E-state index contributed by atoms with van der Waals surface area (Å²) in [6, 6.07) is 10.8. The molecule has 0 aliphatic carbocycles. The standard InChI is InChI=1S/C17H18ClN3O/c18-13-3-1-2-11(8-13)12-6-7-21(10-12)17(22)20-16-9-14-4-5-15(16)19-14/h1-3,6-8,10,14-16,19H,4-5,9H2,(H,20,22)/t14-,15+,16-/m1/s1. The van der Waals surface area contributed by atoms with Gasteiger partial charge >= 0.3 is 6.03 Å². The second-order valence-corrected chi connectivity index (χ2v) is 6.59. The first kappa shape index (κ1) is 13.9. The molecule has 0 unspecified atom stereocenters. The number of carbonyl (C=O) groups excluding carboxylic acids is 1. The van der Waals surface area contributed by atoms with Gasteiger partial charge in [-0.15, -0.1) is 0 Å². The van der Waals surface area contributed by atoms with Crippen molar-refractivity contribution in [2.24, 2.45) is 0 Å². The highest BCUT2D eigenvalue weighted by Crippen LogP contribution is 2.28. The highest BCUT2D eigenvalue weighted by molar-refractivity contribution is 6.30. The Hall–Kier alpha value is -1.78. The summed E-state index contributed by atoms with van der Waals surface area (Å²) in [6.45, 7) is 0. The number of rotatable bonds is 2. The van der Waals surface area contributed by atoms with Crippen molar-refractivity contribution in [1.82, 2.24) is 15.2 Å². The van der Waals surface area contributed by atoms with Crippen molar-refractivity contribution >= 4 is 17.6 Å². The maximum Gasteiger partial charge on any atom is 0.325 e. The SMILES string of the molecule is O=C(N[C@@H]1C[C@H]2CC[C@@H]1N2)n1ccc(-c2cccc(Cl)c2)c1. The van der Waals surface area contributed by atoms with Gasteiger partial charge in [0.15, 0.2) is 0 Å². The molecule has 2 aliphatic heterocycles. The number of aromatic nitrogens is 1. The zero-order valence-corrected chi connectivity index (χ0v) is 12.9. The number of nitrogens with zero attached hydrogens (tertiary/aromatic N) is 1. The molecular weight excluding hydrogens is 298 g/mol. The van der Waals surface area contributed by atoms with Crippen LogP contribution in [0.4, 0.5) is 4.79 Å². The molecule has 5 heteroatoms. The first-order chi connectivity index (χ1) is 10.7. The fourth-order valence-electron chi connectivity index (χ4n) is 3.58. The number of amides is 1. The lowest BCUT2D eigenvalue weighted by atomic mass is 9.96. The van der Waals surface area contributed by atoms with Gasteiger partial charge < -0.3 is 10.6 Å². The van der Waals surface area contributed by atoms with Crippen molar-refractivity contribution < 1.29 is 4.79 Å². The summed E-state index contributed by atoms with van der Waals surface area (Å²) < 4.78 is 1.61. The van der Waals surface area contributed by atoms with E-state index in [1.807, 2.05) is 36.5 Å². The van der Waals surface area contributed by atoms with Gasteiger partial charge in [0.2, 0.25) is 0 Å². The largest absolute Gasteiger partial charge is 0.333 e. The molecule has 2 aromatic rings. The average Bonchev–Trinajstić information content (AvgIpc) is 3.23. The molecule has 3 heterocycles. The molecule has 22 heavy (non-hydrogen) atoms. The summed E-state index contributed by atoms with van der Waals surface area (Å²) in [5.41, 5.74) is 2.00. The van der Waals surface area contributed by atoms with Crippen LogP contribution in [0.15, 0.2) is 42.7 Å². The Bertz CT molecular complexity index is 711. The predicted molar refractivity (Wildman–Crippen MR) is 87.2 cm³/mol. The van der Waals surface area contributed by atoms with E-state index in [1.165, 1.54) is 6.42 Å². The van der Waals surface area contributed by atoms with Crippen LogP contribution in [0, 0.1) is 0 Å². The van der Waals surface area contributed by atoms with Gasteiger partial charge in [0, 0.05) is 35.5 Å². The number of hydrogen-bond donors (Lipinski definition) is 2. The molecule has 2 aliphatic rings. The topological polar surface area (TPSA) is 46.1 Å². The molecule has 0 radical (unpaired) electrons. The van der Waals surface area contributed by atoms with Crippen LogP contribution in [0.1, 0.15) is 19.3 Å². The molecule has 1 amide bonds. The molecule has 3 atom stereocenters. The van der Waals surface area contributed by atoms with Crippen molar-refractivity contribution in [2.45, 2.75) is 37.4 Å². The van der Waals surface area contributed by atoms with Crippen molar-refractivity contribution in [1.29, 1.82) is 0 Å². The maximum atomic E-state index is 12.4. The number of carbonyl (C=O) groups is 1. The number of benzene rings is 1. The Kier molecular flexibility index (Phi) is 3.43. The fraction of sp³-hybridized carbons (Fsp3) is 0.353. The highest BCUT2D eigenvalue weighted by Gasteiger charge is 2.39. The number of fused-ring (bicyclic) bond motifs is 2. The monoisotopic (exact) mass is 315 g/mol. The summed E-state index contributed by atoms with van der Waals surface area (Å²) in [4.78, 5) is 12.4. The van der Waals surface area contributed by atoms with E-state index >= 15 is 0 Å². The molecule has 1 aromatic carbocycles. The van der Waals surface area contributed by atoms with E-state index in [2.05, 4.69) is 10.6 Å². The zero-order valence-electron chi connectivity index (χ0n) is 12.1. The lowest BCUT2D eigenvalue weighted by Crippen LogP contribution is -2.44. The van der Waals surface area contributed by atoms with Gasteiger partial charge in [-0.3, -0.25) is 4.57 Å². The molecule has 0 saturated carbocycles.